The van der Waals surface area contributed by atoms with Gasteiger partial charge in [-0.3, -0.25) is 4.79 Å². The molecule has 1 saturated heterocycles. The monoisotopic (exact) mass is 446 g/mol. The van der Waals surface area contributed by atoms with Gasteiger partial charge in [-0.25, -0.2) is 4.98 Å². The van der Waals surface area contributed by atoms with E-state index in [-0.39, 0.29) is 12.5 Å². The molecule has 1 fully saturated rings. The summed E-state index contributed by atoms with van der Waals surface area (Å²) in [7, 11) is 0. The summed E-state index contributed by atoms with van der Waals surface area (Å²) < 4.78 is 11.4. The maximum Gasteiger partial charge on any atom is 0.260 e. The van der Waals surface area contributed by atoms with Crippen molar-refractivity contribution in [1.29, 1.82) is 0 Å². The molecular weight excluding hydrogens is 420 g/mol. The summed E-state index contributed by atoms with van der Waals surface area (Å²) in [6.45, 7) is 4.82. The first kappa shape index (κ1) is 21.0. The van der Waals surface area contributed by atoms with Gasteiger partial charge in [0.05, 0.1) is 6.54 Å². The lowest BCUT2D eigenvalue weighted by Gasteiger charge is -2.35. The molecule has 1 aromatic carbocycles. The highest BCUT2D eigenvalue weighted by Crippen LogP contribution is 2.23. The van der Waals surface area contributed by atoms with Crippen molar-refractivity contribution in [3.8, 4) is 11.6 Å². The van der Waals surface area contributed by atoms with E-state index in [1.165, 1.54) is 0 Å². The molecule has 0 radical (unpaired) electrons. The van der Waals surface area contributed by atoms with Gasteiger partial charge in [0.1, 0.15) is 18.2 Å². The second-order valence-corrected chi connectivity index (χ2v) is 7.95. The topological polar surface area (TPSA) is 83.9 Å². The second kappa shape index (κ2) is 9.72. The maximum atomic E-state index is 12.7. The fourth-order valence-corrected chi connectivity index (χ4v) is 4.03. The Morgan fingerprint density at radius 1 is 0.879 bits per heavy atom. The zero-order valence-corrected chi connectivity index (χ0v) is 18.3. The van der Waals surface area contributed by atoms with Crippen LogP contribution in [0.1, 0.15) is 5.56 Å². The molecule has 0 saturated carbocycles. The number of para-hydroxylation sites is 1. The quantitative estimate of drug-likeness (QED) is 0.589. The van der Waals surface area contributed by atoms with E-state index in [1.807, 2.05) is 54.7 Å². The van der Waals surface area contributed by atoms with Gasteiger partial charge in [0.2, 0.25) is 5.88 Å². The van der Waals surface area contributed by atoms with Gasteiger partial charge >= 0.3 is 0 Å². The lowest BCUT2D eigenvalue weighted by Crippen LogP contribution is -2.47. The fourth-order valence-electron chi connectivity index (χ4n) is 4.03. The Kier molecular flexibility index (Phi) is 6.19. The average Bonchev–Trinajstić information content (AvgIpc) is 3.11. The Morgan fingerprint density at radius 2 is 1.67 bits per heavy atom. The molecule has 2 aliphatic rings. The summed E-state index contributed by atoms with van der Waals surface area (Å²) in [6.07, 6.45) is 1.82. The van der Waals surface area contributed by atoms with Crippen molar-refractivity contribution in [3.63, 3.8) is 0 Å². The van der Waals surface area contributed by atoms with Crippen molar-refractivity contribution in [2.24, 2.45) is 0 Å². The predicted molar refractivity (Wildman–Crippen MR) is 124 cm³/mol. The number of fused-ring (bicyclic) bond motifs is 1. The van der Waals surface area contributed by atoms with Gasteiger partial charge in [0.25, 0.3) is 5.91 Å². The number of nitrogens with zero attached hydrogens (tertiary/aromatic N) is 6. The molecule has 33 heavy (non-hydrogen) atoms. The summed E-state index contributed by atoms with van der Waals surface area (Å²) in [4.78, 5) is 23.3. The van der Waals surface area contributed by atoms with E-state index >= 15 is 0 Å². The van der Waals surface area contributed by atoms with Crippen molar-refractivity contribution < 1.29 is 14.3 Å². The van der Waals surface area contributed by atoms with Crippen LogP contribution in [0.2, 0.25) is 0 Å². The van der Waals surface area contributed by atoms with Gasteiger partial charge in [-0.2, -0.15) is 0 Å². The van der Waals surface area contributed by atoms with Crippen LogP contribution in [0.5, 0.6) is 11.6 Å². The number of aromatic nitrogens is 3. The molecule has 9 heteroatoms. The molecule has 3 aromatic rings. The number of carbonyl (C=O) groups excluding carboxylic acids is 1. The molecule has 0 aliphatic carbocycles. The Morgan fingerprint density at radius 3 is 2.42 bits per heavy atom. The Bertz CT molecular complexity index is 1070. The normalized spacial score (nSPS) is 15.9. The van der Waals surface area contributed by atoms with E-state index in [1.54, 1.807) is 11.0 Å². The highest BCUT2D eigenvalue weighted by atomic mass is 16.5. The first-order chi connectivity index (χ1) is 16.3. The molecular formula is C24H26N6O3. The highest BCUT2D eigenvalue weighted by molar-refractivity contribution is 5.78. The summed E-state index contributed by atoms with van der Waals surface area (Å²) in [5, 5.41) is 8.47. The fraction of sp³-hybridized carbons (Fsp3) is 0.333. The first-order valence-electron chi connectivity index (χ1n) is 11.1. The van der Waals surface area contributed by atoms with Gasteiger partial charge in [-0.1, -0.05) is 24.3 Å². The molecule has 170 valence electrons. The number of hydrogen-bond donors (Lipinski definition) is 0. The molecule has 0 unspecified atom stereocenters. The van der Waals surface area contributed by atoms with Crippen LogP contribution in [0.25, 0.3) is 0 Å². The van der Waals surface area contributed by atoms with Crippen molar-refractivity contribution in [1.82, 2.24) is 20.1 Å². The Balaban J connectivity index is 1.12. The third kappa shape index (κ3) is 4.97. The number of benzene rings is 1. The molecule has 2 aromatic heterocycles. The number of rotatable bonds is 5. The van der Waals surface area contributed by atoms with Gasteiger partial charge < -0.3 is 24.2 Å². The third-order valence-electron chi connectivity index (χ3n) is 5.85. The predicted octanol–water partition coefficient (Wildman–Crippen LogP) is 2.00. The van der Waals surface area contributed by atoms with Crippen LogP contribution < -0.4 is 19.3 Å². The molecule has 4 heterocycles. The largest absolute Gasteiger partial charge is 0.491 e. The molecule has 1 amide bonds. The van der Waals surface area contributed by atoms with Crippen LogP contribution in [-0.4, -0.2) is 71.9 Å². The minimum Gasteiger partial charge on any atom is -0.491 e. The van der Waals surface area contributed by atoms with E-state index in [9.17, 15) is 4.79 Å². The van der Waals surface area contributed by atoms with Gasteiger partial charge in [0, 0.05) is 50.6 Å². The first-order valence-corrected chi connectivity index (χ1v) is 11.1. The van der Waals surface area contributed by atoms with Crippen LogP contribution in [-0.2, 0) is 11.3 Å². The van der Waals surface area contributed by atoms with E-state index in [0.29, 0.717) is 25.6 Å². The van der Waals surface area contributed by atoms with Crippen molar-refractivity contribution >= 4 is 17.5 Å². The SMILES string of the molecule is O=C(COc1ccc(N2CCN(c3ccccn3)CC2)nn1)N1CCOc2ccccc2C1. The van der Waals surface area contributed by atoms with Crippen LogP contribution in [0.3, 0.4) is 0 Å². The molecule has 0 N–H and O–H groups in total. The van der Waals surface area contributed by atoms with Crippen molar-refractivity contribution in [3.05, 3.63) is 66.4 Å². The van der Waals surface area contributed by atoms with Gasteiger partial charge in [-0.05, 0) is 24.3 Å². The van der Waals surface area contributed by atoms with Crippen LogP contribution in [0.4, 0.5) is 11.6 Å². The summed E-state index contributed by atoms with van der Waals surface area (Å²) in [5.41, 5.74) is 0.996. The smallest absolute Gasteiger partial charge is 0.260 e. The number of anilines is 2. The molecule has 0 atom stereocenters. The summed E-state index contributed by atoms with van der Waals surface area (Å²) in [5.74, 6) is 2.86. The standard InChI is InChI=1S/C24H26N6O3/c31-24(30-15-16-32-20-6-2-1-5-19(20)17-30)18-33-23-9-8-22(26-27-23)29-13-11-28(12-14-29)21-7-3-4-10-25-21/h1-10H,11-18H2. The molecule has 2 aliphatic heterocycles. The lowest BCUT2D eigenvalue weighted by atomic mass is 10.2. The molecule has 5 rings (SSSR count). The van der Waals surface area contributed by atoms with E-state index in [0.717, 1.165) is 49.1 Å². The van der Waals surface area contributed by atoms with Gasteiger partial charge in [0.15, 0.2) is 12.4 Å². The number of carbonyl (C=O) groups is 1. The number of amides is 1. The third-order valence-corrected chi connectivity index (χ3v) is 5.85. The molecule has 0 spiro atoms. The van der Waals surface area contributed by atoms with E-state index < -0.39 is 0 Å². The summed E-state index contributed by atoms with van der Waals surface area (Å²) >= 11 is 0. The minimum absolute atomic E-state index is 0.0844. The lowest BCUT2D eigenvalue weighted by molar-refractivity contribution is -0.134. The zero-order valence-electron chi connectivity index (χ0n) is 18.3. The second-order valence-electron chi connectivity index (χ2n) is 7.95. The van der Waals surface area contributed by atoms with E-state index in [4.69, 9.17) is 9.47 Å². The van der Waals surface area contributed by atoms with Crippen molar-refractivity contribution in [2.75, 3.05) is 55.7 Å². The maximum absolute atomic E-state index is 12.7. The van der Waals surface area contributed by atoms with E-state index in [2.05, 4.69) is 25.0 Å². The van der Waals surface area contributed by atoms with Crippen LogP contribution in [0.15, 0.2) is 60.8 Å². The molecule has 9 nitrogen and oxygen atoms in total. The van der Waals surface area contributed by atoms with Crippen molar-refractivity contribution in [2.45, 2.75) is 6.54 Å². The number of piperazine rings is 1. The Hall–Kier alpha value is -3.88. The minimum atomic E-state index is -0.105. The van der Waals surface area contributed by atoms with Gasteiger partial charge in [-0.15, -0.1) is 10.2 Å². The highest BCUT2D eigenvalue weighted by Gasteiger charge is 2.21. The van der Waals surface area contributed by atoms with Crippen LogP contribution in [0, 0.1) is 0 Å². The summed E-state index contributed by atoms with van der Waals surface area (Å²) in [6, 6.07) is 17.4. The number of hydrogen-bond acceptors (Lipinski definition) is 8. The number of ether oxygens (including phenoxy) is 2. The molecule has 0 bridgehead atoms. The zero-order chi connectivity index (χ0) is 22.5. The average molecular weight is 447 g/mol. The number of pyridine rings is 1. The van der Waals surface area contributed by atoms with Crippen LogP contribution >= 0.6 is 0 Å². The Labute approximate surface area is 192 Å².